The molecule has 0 aromatic carbocycles. The average Bonchev–Trinajstić information content (AvgIpc) is 3.00. The topological polar surface area (TPSA) is 71.8 Å². The summed E-state index contributed by atoms with van der Waals surface area (Å²) in [5, 5.41) is 6.58. The number of amides is 1. The van der Waals surface area contributed by atoms with Crippen molar-refractivity contribution in [2.24, 2.45) is 7.05 Å². The summed E-state index contributed by atoms with van der Waals surface area (Å²) in [6.45, 7) is 1.69. The summed E-state index contributed by atoms with van der Waals surface area (Å²) in [4.78, 5) is 21.9. The third kappa shape index (κ3) is 2.09. The van der Waals surface area contributed by atoms with Crippen LogP contribution in [0.3, 0.4) is 0 Å². The van der Waals surface area contributed by atoms with Crippen molar-refractivity contribution in [3.8, 4) is 22.5 Å². The van der Waals surface area contributed by atoms with Crippen LogP contribution in [0.4, 0.5) is 0 Å². The first-order chi connectivity index (χ1) is 13.7. The first-order valence-electron chi connectivity index (χ1n) is 9.79. The Hall–Kier alpha value is -2.99. The van der Waals surface area contributed by atoms with E-state index in [-0.39, 0.29) is 11.4 Å². The van der Waals surface area contributed by atoms with Gasteiger partial charge in [0.25, 0.3) is 5.91 Å². The summed E-state index contributed by atoms with van der Waals surface area (Å²) in [7, 11) is 2.11. The summed E-state index contributed by atoms with van der Waals surface area (Å²) in [5.74, 6) is 0.0876. The predicted molar refractivity (Wildman–Crippen MR) is 106 cm³/mol. The molecular formula is C22H21N5O. The Balaban J connectivity index is 1.54. The zero-order valence-corrected chi connectivity index (χ0v) is 15.7. The van der Waals surface area contributed by atoms with Crippen molar-refractivity contribution in [3.05, 3.63) is 59.2 Å². The maximum atomic E-state index is 13.0. The second kappa shape index (κ2) is 5.52. The summed E-state index contributed by atoms with van der Waals surface area (Å²) < 4.78 is 2.26. The molecule has 0 atom stereocenters. The maximum Gasteiger partial charge on any atom is 0.253 e. The molecule has 0 radical (unpaired) electrons. The largest absolute Gasteiger partial charge is 0.347 e. The van der Waals surface area contributed by atoms with E-state index in [4.69, 9.17) is 0 Å². The molecule has 6 nitrogen and oxygen atoms in total. The molecule has 1 aliphatic carbocycles. The molecule has 0 unspecified atom stereocenters. The van der Waals surface area contributed by atoms with E-state index in [9.17, 15) is 4.79 Å². The van der Waals surface area contributed by atoms with Crippen LogP contribution >= 0.6 is 0 Å². The standard InChI is InChI=1S/C22H21N5O/c1-27-18-8-22(11-24-12-22)26-21(28)19(18)15-5-4-13-10-25-17(7-16(13)20(15)27)14-3-2-6-23-9-14/h2-3,6-7,9-10,24H,4-5,8,11-12H2,1H3,(H,26,28). The monoisotopic (exact) mass is 371 g/mol. The van der Waals surface area contributed by atoms with E-state index < -0.39 is 0 Å². The molecule has 1 fully saturated rings. The van der Waals surface area contributed by atoms with E-state index in [2.05, 4.69) is 38.3 Å². The van der Waals surface area contributed by atoms with E-state index >= 15 is 0 Å². The van der Waals surface area contributed by atoms with Crippen molar-refractivity contribution < 1.29 is 4.79 Å². The molecule has 1 amide bonds. The normalized spacial score (nSPS) is 18.7. The maximum absolute atomic E-state index is 13.0. The lowest BCUT2D eigenvalue weighted by Gasteiger charge is -2.45. The van der Waals surface area contributed by atoms with E-state index in [1.165, 1.54) is 28.1 Å². The van der Waals surface area contributed by atoms with E-state index in [1.54, 1.807) is 6.20 Å². The second-order valence-corrected chi connectivity index (χ2v) is 8.19. The van der Waals surface area contributed by atoms with Gasteiger partial charge in [-0.05, 0) is 42.2 Å². The highest BCUT2D eigenvalue weighted by molar-refractivity contribution is 6.01. The number of rotatable bonds is 1. The highest BCUT2D eigenvalue weighted by Crippen LogP contribution is 2.42. The first-order valence-corrected chi connectivity index (χ1v) is 9.79. The number of aryl methyl sites for hydroxylation is 1. The van der Waals surface area contributed by atoms with Gasteiger partial charge in [0, 0.05) is 62.0 Å². The van der Waals surface area contributed by atoms with Gasteiger partial charge in [0.15, 0.2) is 0 Å². The van der Waals surface area contributed by atoms with E-state index in [0.29, 0.717) is 0 Å². The molecule has 1 saturated heterocycles. The van der Waals surface area contributed by atoms with Crippen molar-refractivity contribution in [1.82, 2.24) is 25.2 Å². The third-order valence-electron chi connectivity index (χ3n) is 6.50. The molecule has 6 rings (SSSR count). The minimum absolute atomic E-state index is 0.0876. The Bertz CT molecular complexity index is 1130. The molecule has 28 heavy (non-hydrogen) atoms. The molecular weight excluding hydrogens is 350 g/mol. The van der Waals surface area contributed by atoms with Crippen LogP contribution in [-0.4, -0.2) is 39.1 Å². The van der Waals surface area contributed by atoms with Gasteiger partial charge in [-0.1, -0.05) is 0 Å². The van der Waals surface area contributed by atoms with Gasteiger partial charge >= 0.3 is 0 Å². The Morgan fingerprint density at radius 1 is 1.21 bits per heavy atom. The Kier molecular flexibility index (Phi) is 3.15. The quantitative estimate of drug-likeness (QED) is 0.685. The number of pyridine rings is 2. The van der Waals surface area contributed by atoms with Gasteiger partial charge in [-0.15, -0.1) is 0 Å². The van der Waals surface area contributed by atoms with Gasteiger partial charge in [0.05, 0.1) is 22.5 Å². The number of aromatic nitrogens is 3. The lowest BCUT2D eigenvalue weighted by atomic mass is 9.81. The highest BCUT2D eigenvalue weighted by Gasteiger charge is 2.46. The van der Waals surface area contributed by atoms with Crippen molar-refractivity contribution in [1.29, 1.82) is 0 Å². The van der Waals surface area contributed by atoms with Gasteiger partial charge in [-0.3, -0.25) is 14.8 Å². The van der Waals surface area contributed by atoms with Crippen LogP contribution in [0.1, 0.15) is 27.2 Å². The molecule has 3 aromatic rings. The number of nitrogens with zero attached hydrogens (tertiary/aromatic N) is 3. The number of carbonyl (C=O) groups excluding carboxylic acids is 1. The summed E-state index contributed by atoms with van der Waals surface area (Å²) >= 11 is 0. The molecule has 1 spiro atoms. The fraction of sp³-hybridized carbons (Fsp3) is 0.318. The van der Waals surface area contributed by atoms with Crippen LogP contribution in [0.15, 0.2) is 36.8 Å². The molecule has 3 aromatic heterocycles. The van der Waals surface area contributed by atoms with Gasteiger partial charge in [0.2, 0.25) is 0 Å². The fourth-order valence-corrected chi connectivity index (χ4v) is 5.00. The minimum atomic E-state index is -0.110. The molecule has 0 bridgehead atoms. The summed E-state index contributed by atoms with van der Waals surface area (Å²) in [6.07, 6.45) is 8.30. The van der Waals surface area contributed by atoms with Crippen LogP contribution in [0, 0.1) is 0 Å². The van der Waals surface area contributed by atoms with Crippen LogP contribution < -0.4 is 10.6 Å². The Labute approximate surface area is 163 Å². The molecule has 6 heteroatoms. The van der Waals surface area contributed by atoms with Crippen molar-refractivity contribution >= 4 is 5.91 Å². The zero-order valence-electron chi connectivity index (χ0n) is 15.7. The molecule has 140 valence electrons. The molecule has 3 aliphatic rings. The molecule has 2 N–H and O–H groups in total. The van der Waals surface area contributed by atoms with E-state index in [0.717, 1.165) is 49.2 Å². The number of fused-ring (bicyclic) bond motifs is 5. The number of nitrogens with one attached hydrogen (secondary N) is 2. The Morgan fingerprint density at radius 2 is 2.11 bits per heavy atom. The summed E-state index contributed by atoms with van der Waals surface area (Å²) in [6, 6.07) is 6.12. The van der Waals surface area contributed by atoms with Gasteiger partial charge in [0.1, 0.15) is 0 Å². The molecule has 2 aliphatic heterocycles. The van der Waals surface area contributed by atoms with Crippen LogP contribution in [0.2, 0.25) is 0 Å². The predicted octanol–water partition coefficient (Wildman–Crippen LogP) is 1.88. The average molecular weight is 371 g/mol. The lowest BCUT2D eigenvalue weighted by Crippen LogP contribution is -2.71. The minimum Gasteiger partial charge on any atom is -0.347 e. The van der Waals surface area contributed by atoms with Crippen molar-refractivity contribution in [2.45, 2.75) is 24.8 Å². The van der Waals surface area contributed by atoms with Crippen molar-refractivity contribution in [3.63, 3.8) is 0 Å². The molecule has 0 saturated carbocycles. The number of carbonyl (C=O) groups is 1. The highest BCUT2D eigenvalue weighted by atomic mass is 16.2. The second-order valence-electron chi connectivity index (χ2n) is 8.19. The van der Waals surface area contributed by atoms with Gasteiger partial charge < -0.3 is 15.2 Å². The van der Waals surface area contributed by atoms with Gasteiger partial charge in [-0.2, -0.15) is 0 Å². The van der Waals surface area contributed by atoms with E-state index in [1.807, 2.05) is 24.5 Å². The van der Waals surface area contributed by atoms with Crippen molar-refractivity contribution in [2.75, 3.05) is 13.1 Å². The fourth-order valence-electron chi connectivity index (χ4n) is 5.00. The third-order valence-corrected chi connectivity index (χ3v) is 6.50. The smallest absolute Gasteiger partial charge is 0.253 e. The molecule has 5 heterocycles. The summed E-state index contributed by atoms with van der Waals surface area (Å²) in [5.41, 5.74) is 8.70. The SMILES string of the molecule is Cn1c2c(c3c1-c1cc(-c4cccnc4)ncc1CC3)C(=O)NC1(CNC1)C2. The number of hydrogen-bond donors (Lipinski definition) is 2. The van der Waals surface area contributed by atoms with Crippen LogP contribution in [0.5, 0.6) is 0 Å². The zero-order chi connectivity index (χ0) is 18.9. The van der Waals surface area contributed by atoms with Crippen LogP contribution in [-0.2, 0) is 26.3 Å². The van der Waals surface area contributed by atoms with Crippen LogP contribution in [0.25, 0.3) is 22.5 Å². The lowest BCUT2D eigenvalue weighted by molar-refractivity contribution is 0.0824. The first kappa shape index (κ1) is 16.0. The number of hydrogen-bond acceptors (Lipinski definition) is 4. The van der Waals surface area contributed by atoms with Gasteiger partial charge in [-0.25, -0.2) is 0 Å². The Morgan fingerprint density at radius 3 is 2.86 bits per heavy atom.